The highest BCUT2D eigenvalue weighted by Crippen LogP contribution is 2.51. The van der Waals surface area contributed by atoms with Crippen molar-refractivity contribution in [2.45, 2.75) is 64.7 Å². The summed E-state index contributed by atoms with van der Waals surface area (Å²) in [6.07, 6.45) is 10.2. The maximum atomic E-state index is 15.0. The summed E-state index contributed by atoms with van der Waals surface area (Å²) in [7, 11) is 0. The molecule has 0 aromatic heterocycles. The van der Waals surface area contributed by atoms with E-state index >= 15 is 0 Å². The summed E-state index contributed by atoms with van der Waals surface area (Å²) < 4.78 is 21.3. The van der Waals surface area contributed by atoms with Crippen molar-refractivity contribution in [2.24, 2.45) is 17.3 Å². The van der Waals surface area contributed by atoms with Gasteiger partial charge in [0, 0.05) is 24.6 Å². The third-order valence-electron chi connectivity index (χ3n) is 7.41. The van der Waals surface area contributed by atoms with Gasteiger partial charge in [-0.2, -0.15) is 0 Å². The van der Waals surface area contributed by atoms with Crippen molar-refractivity contribution < 1.29 is 13.9 Å². The molecule has 4 aliphatic rings. The van der Waals surface area contributed by atoms with Gasteiger partial charge in [0.1, 0.15) is 11.6 Å². The Hall–Kier alpha value is -1.84. The Morgan fingerprint density at radius 3 is 2.79 bits per heavy atom. The lowest BCUT2D eigenvalue weighted by Gasteiger charge is -2.36. The van der Waals surface area contributed by atoms with Crippen molar-refractivity contribution >= 4 is 5.91 Å². The fourth-order valence-electron chi connectivity index (χ4n) is 5.82. The van der Waals surface area contributed by atoms with Crippen molar-refractivity contribution in [3.63, 3.8) is 0 Å². The molecule has 1 heterocycles. The van der Waals surface area contributed by atoms with Crippen LogP contribution in [0, 0.1) is 23.1 Å². The number of allylic oxidation sites excluding steroid dienone is 2. The molecule has 1 amide bonds. The number of hydrogen-bond acceptors (Lipinski definition) is 2. The molecule has 29 heavy (non-hydrogen) atoms. The summed E-state index contributed by atoms with van der Waals surface area (Å²) in [5.41, 5.74) is 3.02. The quantitative estimate of drug-likeness (QED) is 0.597. The Morgan fingerprint density at radius 1 is 1.24 bits per heavy atom. The first-order chi connectivity index (χ1) is 13.9. The first-order valence-electron chi connectivity index (χ1n) is 11.4. The molecule has 2 saturated carbocycles. The van der Waals surface area contributed by atoms with Gasteiger partial charge in [-0.1, -0.05) is 25.5 Å². The molecule has 0 spiro atoms. The van der Waals surface area contributed by atoms with E-state index in [1.807, 2.05) is 0 Å². The average Bonchev–Trinajstić information content (AvgIpc) is 3.36. The Balaban J connectivity index is 1.36. The van der Waals surface area contributed by atoms with E-state index in [2.05, 4.69) is 19.9 Å². The second-order valence-electron chi connectivity index (χ2n) is 10.3. The molecular formula is C25H32FNO2. The van der Waals surface area contributed by atoms with Crippen LogP contribution in [0.5, 0.6) is 5.75 Å². The molecule has 4 heteroatoms. The summed E-state index contributed by atoms with van der Waals surface area (Å²) in [4.78, 5) is 14.7. The lowest BCUT2D eigenvalue weighted by molar-refractivity contribution is 0.0782. The van der Waals surface area contributed by atoms with Crippen molar-refractivity contribution in [1.82, 2.24) is 4.90 Å². The number of rotatable bonds is 5. The van der Waals surface area contributed by atoms with Crippen molar-refractivity contribution in [2.75, 3.05) is 19.7 Å². The smallest absolute Gasteiger partial charge is 0.256 e. The van der Waals surface area contributed by atoms with Gasteiger partial charge in [0.2, 0.25) is 0 Å². The van der Waals surface area contributed by atoms with E-state index in [0.29, 0.717) is 30.1 Å². The second-order valence-corrected chi connectivity index (χ2v) is 10.3. The van der Waals surface area contributed by atoms with E-state index in [9.17, 15) is 9.18 Å². The second kappa shape index (κ2) is 7.14. The Bertz CT molecular complexity index is 859. The van der Waals surface area contributed by atoms with Crippen LogP contribution >= 0.6 is 0 Å². The molecule has 3 nitrogen and oxygen atoms in total. The minimum absolute atomic E-state index is 0.162. The molecule has 1 aromatic rings. The SMILES string of the molecule is CC1CC2=CCC(COc3cc(F)c(C(=O)N4CC[C@@H](C)C4)cc3C3CC3)(C2)C1. The van der Waals surface area contributed by atoms with E-state index in [-0.39, 0.29) is 16.9 Å². The van der Waals surface area contributed by atoms with Gasteiger partial charge >= 0.3 is 0 Å². The van der Waals surface area contributed by atoms with Crippen LogP contribution < -0.4 is 4.74 Å². The Morgan fingerprint density at radius 2 is 2.07 bits per heavy atom. The summed E-state index contributed by atoms with van der Waals surface area (Å²) >= 11 is 0. The molecule has 0 radical (unpaired) electrons. The van der Waals surface area contributed by atoms with Gasteiger partial charge in [-0.05, 0) is 74.3 Å². The molecule has 3 aliphatic carbocycles. The fraction of sp³-hybridized carbons (Fsp3) is 0.640. The maximum absolute atomic E-state index is 15.0. The summed E-state index contributed by atoms with van der Waals surface area (Å²) in [6, 6.07) is 3.29. The fourth-order valence-corrected chi connectivity index (χ4v) is 5.82. The number of benzene rings is 1. The molecule has 0 N–H and O–H groups in total. The highest BCUT2D eigenvalue weighted by Gasteiger charge is 2.41. The molecule has 2 bridgehead atoms. The normalized spacial score (nSPS) is 31.1. The summed E-state index contributed by atoms with van der Waals surface area (Å²) in [5, 5.41) is 0. The predicted octanol–water partition coefficient (Wildman–Crippen LogP) is 5.70. The molecule has 1 aliphatic heterocycles. The number of halogens is 1. The van der Waals surface area contributed by atoms with E-state index in [0.717, 1.165) is 50.8 Å². The van der Waals surface area contributed by atoms with Crippen molar-refractivity contribution in [3.8, 4) is 5.75 Å². The van der Waals surface area contributed by atoms with Crippen LogP contribution in [0.2, 0.25) is 0 Å². The third-order valence-corrected chi connectivity index (χ3v) is 7.41. The Kier molecular flexibility index (Phi) is 4.71. The Labute approximate surface area is 173 Å². The first kappa shape index (κ1) is 19.1. The summed E-state index contributed by atoms with van der Waals surface area (Å²) in [5.74, 6) is 1.67. The molecule has 5 rings (SSSR count). The number of carbonyl (C=O) groups excluding carboxylic acids is 1. The zero-order valence-corrected chi connectivity index (χ0v) is 17.7. The minimum atomic E-state index is -0.436. The van der Waals surface area contributed by atoms with Crippen molar-refractivity contribution in [3.05, 3.63) is 40.7 Å². The average molecular weight is 398 g/mol. The number of hydrogen-bond donors (Lipinski definition) is 0. The maximum Gasteiger partial charge on any atom is 0.256 e. The monoisotopic (exact) mass is 397 g/mol. The van der Waals surface area contributed by atoms with Gasteiger partial charge in [-0.25, -0.2) is 4.39 Å². The van der Waals surface area contributed by atoms with Gasteiger partial charge in [0.25, 0.3) is 5.91 Å². The minimum Gasteiger partial charge on any atom is -0.493 e. The standard InChI is InChI=1S/C25H32FNO2/c1-16-6-8-27(14-16)24(28)21-10-20(19-3-4-19)23(11-22(21)26)29-15-25-7-5-18(13-25)9-17(2)12-25/h5,10-11,16-17,19H,3-4,6-9,12-15H2,1-2H3/t16-,17?,25?/m1/s1. The van der Waals surface area contributed by atoms with Gasteiger partial charge < -0.3 is 9.64 Å². The summed E-state index contributed by atoms with van der Waals surface area (Å²) in [6.45, 7) is 6.57. The molecule has 3 atom stereocenters. The molecule has 1 saturated heterocycles. The van der Waals surface area contributed by atoms with Crippen LogP contribution in [0.25, 0.3) is 0 Å². The number of carbonyl (C=O) groups is 1. The van der Waals surface area contributed by atoms with Gasteiger partial charge in [-0.3, -0.25) is 4.79 Å². The van der Waals surface area contributed by atoms with Gasteiger partial charge in [0.15, 0.2) is 0 Å². The van der Waals surface area contributed by atoms with Gasteiger partial charge in [-0.15, -0.1) is 0 Å². The number of fused-ring (bicyclic) bond motifs is 2. The zero-order chi connectivity index (χ0) is 20.2. The number of likely N-dealkylation sites (tertiary alicyclic amines) is 1. The van der Waals surface area contributed by atoms with Crippen LogP contribution in [0.3, 0.4) is 0 Å². The van der Waals surface area contributed by atoms with Crippen LogP contribution in [0.1, 0.15) is 80.6 Å². The van der Waals surface area contributed by atoms with E-state index in [1.165, 1.54) is 18.9 Å². The molecule has 2 unspecified atom stereocenters. The number of ether oxygens (including phenoxy) is 1. The van der Waals surface area contributed by atoms with Crippen LogP contribution in [-0.4, -0.2) is 30.5 Å². The van der Waals surface area contributed by atoms with Crippen molar-refractivity contribution in [1.29, 1.82) is 0 Å². The number of nitrogens with zero attached hydrogens (tertiary/aromatic N) is 1. The lowest BCUT2D eigenvalue weighted by Crippen LogP contribution is -2.31. The van der Waals surface area contributed by atoms with Gasteiger partial charge in [0.05, 0.1) is 12.2 Å². The van der Waals surface area contributed by atoms with E-state index < -0.39 is 5.82 Å². The number of amides is 1. The molecule has 156 valence electrons. The molecule has 1 aromatic carbocycles. The lowest BCUT2D eigenvalue weighted by atomic mass is 9.72. The predicted molar refractivity (Wildman–Crippen MR) is 112 cm³/mol. The third kappa shape index (κ3) is 3.71. The largest absolute Gasteiger partial charge is 0.493 e. The van der Waals surface area contributed by atoms with Crippen LogP contribution in [-0.2, 0) is 0 Å². The van der Waals surface area contributed by atoms with E-state index in [4.69, 9.17) is 4.74 Å². The van der Waals surface area contributed by atoms with Crippen LogP contribution in [0.15, 0.2) is 23.8 Å². The van der Waals surface area contributed by atoms with Crippen LogP contribution in [0.4, 0.5) is 4.39 Å². The molecule has 3 fully saturated rings. The zero-order valence-electron chi connectivity index (χ0n) is 17.7. The topological polar surface area (TPSA) is 29.5 Å². The highest BCUT2D eigenvalue weighted by atomic mass is 19.1. The molecular weight excluding hydrogens is 365 g/mol. The highest BCUT2D eigenvalue weighted by molar-refractivity contribution is 5.95. The van der Waals surface area contributed by atoms with E-state index in [1.54, 1.807) is 16.5 Å². The first-order valence-corrected chi connectivity index (χ1v) is 11.4.